The predicted molar refractivity (Wildman–Crippen MR) is 93.6 cm³/mol. The van der Waals surface area contributed by atoms with Gasteiger partial charge in [0.2, 0.25) is 0 Å². The number of nitrogens with zero attached hydrogens (tertiary/aromatic N) is 1. The predicted octanol–water partition coefficient (Wildman–Crippen LogP) is 4.34. The molecule has 0 aliphatic carbocycles. The summed E-state index contributed by atoms with van der Waals surface area (Å²) in [6, 6.07) is 16.8. The molecule has 0 saturated carbocycles. The average Bonchev–Trinajstić information content (AvgIpc) is 2.62. The van der Waals surface area contributed by atoms with Crippen LogP contribution in [0.2, 0.25) is 0 Å². The Morgan fingerprint density at radius 3 is 2.48 bits per heavy atom. The second kappa shape index (κ2) is 7.23. The molecule has 3 nitrogen and oxygen atoms in total. The van der Waals surface area contributed by atoms with E-state index in [4.69, 9.17) is 9.47 Å². The lowest BCUT2D eigenvalue weighted by Crippen LogP contribution is -2.22. The lowest BCUT2D eigenvalue weighted by Gasteiger charge is -2.27. The lowest BCUT2D eigenvalue weighted by molar-refractivity contribution is 0.351. The van der Waals surface area contributed by atoms with Gasteiger partial charge in [0, 0.05) is 19.3 Å². The van der Waals surface area contributed by atoms with Gasteiger partial charge < -0.3 is 14.4 Å². The summed E-state index contributed by atoms with van der Waals surface area (Å²) in [6.45, 7) is 2.06. The normalized spacial score (nSPS) is 14.3. The molecule has 0 bridgehead atoms. The summed E-state index contributed by atoms with van der Waals surface area (Å²) < 4.78 is 10.7. The van der Waals surface area contributed by atoms with Crippen LogP contribution in [0.25, 0.3) is 5.57 Å². The molecule has 0 atom stereocenters. The zero-order chi connectivity index (χ0) is 16.1. The van der Waals surface area contributed by atoms with Crippen LogP contribution in [0.3, 0.4) is 0 Å². The third-order valence-electron chi connectivity index (χ3n) is 4.21. The first-order valence-electron chi connectivity index (χ1n) is 8.01. The van der Waals surface area contributed by atoms with Crippen LogP contribution in [0, 0.1) is 0 Å². The summed E-state index contributed by atoms with van der Waals surface area (Å²) in [5, 5.41) is 0. The molecule has 2 aromatic rings. The Morgan fingerprint density at radius 2 is 1.74 bits per heavy atom. The number of benzene rings is 2. The molecule has 1 aliphatic rings. The number of hydrogen-bond acceptors (Lipinski definition) is 3. The fourth-order valence-electron chi connectivity index (χ4n) is 3.02. The molecule has 1 heterocycles. The van der Waals surface area contributed by atoms with Crippen molar-refractivity contribution < 1.29 is 9.47 Å². The molecule has 0 aromatic heterocycles. The Kier molecular flexibility index (Phi) is 4.86. The van der Waals surface area contributed by atoms with Crippen molar-refractivity contribution in [3.05, 3.63) is 65.9 Å². The van der Waals surface area contributed by atoms with Gasteiger partial charge in [-0.1, -0.05) is 36.4 Å². The van der Waals surface area contributed by atoms with Crippen molar-refractivity contribution in [3.8, 4) is 11.5 Å². The molecule has 0 N–H and O–H groups in total. The van der Waals surface area contributed by atoms with Crippen LogP contribution in [-0.2, 0) is 6.54 Å². The monoisotopic (exact) mass is 309 g/mol. The van der Waals surface area contributed by atoms with Gasteiger partial charge in [-0.2, -0.15) is 0 Å². The van der Waals surface area contributed by atoms with Gasteiger partial charge in [-0.3, -0.25) is 0 Å². The van der Waals surface area contributed by atoms with Crippen molar-refractivity contribution in [1.29, 1.82) is 0 Å². The number of allylic oxidation sites excluding steroid dienone is 1. The van der Waals surface area contributed by atoms with Gasteiger partial charge in [-0.05, 0) is 41.7 Å². The lowest BCUT2D eigenvalue weighted by atomic mass is 9.98. The minimum absolute atomic E-state index is 0.772. The van der Waals surface area contributed by atoms with Crippen molar-refractivity contribution in [3.63, 3.8) is 0 Å². The van der Waals surface area contributed by atoms with Crippen LogP contribution >= 0.6 is 0 Å². The van der Waals surface area contributed by atoms with Gasteiger partial charge in [0.25, 0.3) is 0 Å². The Morgan fingerprint density at radius 1 is 0.957 bits per heavy atom. The van der Waals surface area contributed by atoms with Gasteiger partial charge in [-0.15, -0.1) is 0 Å². The molecule has 1 aliphatic heterocycles. The Labute approximate surface area is 138 Å². The first-order valence-corrected chi connectivity index (χ1v) is 8.01. The molecular weight excluding hydrogens is 286 g/mol. The van der Waals surface area contributed by atoms with Crippen molar-refractivity contribution in [1.82, 2.24) is 4.90 Å². The van der Waals surface area contributed by atoms with Crippen molar-refractivity contribution in [2.75, 3.05) is 20.8 Å². The highest BCUT2D eigenvalue weighted by molar-refractivity contribution is 5.68. The minimum atomic E-state index is 0.772. The Balaban J connectivity index is 1.81. The van der Waals surface area contributed by atoms with E-state index in [0.717, 1.165) is 31.0 Å². The van der Waals surface area contributed by atoms with Crippen molar-refractivity contribution in [2.45, 2.75) is 19.4 Å². The second-order valence-corrected chi connectivity index (χ2v) is 5.78. The maximum atomic E-state index is 5.42. The summed E-state index contributed by atoms with van der Waals surface area (Å²) >= 11 is 0. The Bertz CT molecular complexity index is 679. The van der Waals surface area contributed by atoms with Crippen LogP contribution < -0.4 is 9.47 Å². The molecule has 3 heteroatoms. The molecule has 0 saturated heterocycles. The van der Waals surface area contributed by atoms with Crippen molar-refractivity contribution >= 4 is 5.57 Å². The fourth-order valence-corrected chi connectivity index (χ4v) is 3.02. The fraction of sp³-hybridized carbons (Fsp3) is 0.300. The summed E-state index contributed by atoms with van der Waals surface area (Å²) in [5.41, 5.74) is 3.91. The maximum absolute atomic E-state index is 5.42. The van der Waals surface area contributed by atoms with Crippen LogP contribution in [0.15, 0.2) is 54.7 Å². The van der Waals surface area contributed by atoms with E-state index >= 15 is 0 Å². The summed E-state index contributed by atoms with van der Waals surface area (Å²) in [6.07, 6.45) is 4.56. The largest absolute Gasteiger partial charge is 0.493 e. The molecule has 2 aromatic carbocycles. The minimum Gasteiger partial charge on any atom is -0.493 e. The van der Waals surface area contributed by atoms with E-state index < -0.39 is 0 Å². The zero-order valence-electron chi connectivity index (χ0n) is 13.8. The molecule has 120 valence electrons. The van der Waals surface area contributed by atoms with E-state index in [2.05, 4.69) is 53.6 Å². The van der Waals surface area contributed by atoms with Gasteiger partial charge >= 0.3 is 0 Å². The zero-order valence-corrected chi connectivity index (χ0v) is 13.8. The van der Waals surface area contributed by atoms with Crippen LogP contribution in [0.1, 0.15) is 24.0 Å². The van der Waals surface area contributed by atoms with E-state index in [1.165, 1.54) is 23.1 Å². The molecule has 23 heavy (non-hydrogen) atoms. The van der Waals surface area contributed by atoms with E-state index in [0.29, 0.717) is 0 Å². The molecular formula is C20H23NO2. The van der Waals surface area contributed by atoms with E-state index in [1.807, 2.05) is 6.07 Å². The standard InChI is InChI=1S/C20H23NO2/c1-22-19-11-10-17(13-20(19)23-2)18-9-6-12-21(15-18)14-16-7-4-3-5-8-16/h3-5,7-8,10-11,13,15H,6,9,12,14H2,1-2H3. The number of ether oxygens (including phenoxy) is 2. The van der Waals surface area contributed by atoms with Gasteiger partial charge in [0.1, 0.15) is 0 Å². The van der Waals surface area contributed by atoms with E-state index in [9.17, 15) is 0 Å². The number of hydrogen-bond donors (Lipinski definition) is 0. The third kappa shape index (κ3) is 3.67. The van der Waals surface area contributed by atoms with Crippen LogP contribution in [-0.4, -0.2) is 25.7 Å². The van der Waals surface area contributed by atoms with Gasteiger partial charge in [-0.25, -0.2) is 0 Å². The molecule has 0 unspecified atom stereocenters. The highest BCUT2D eigenvalue weighted by Gasteiger charge is 2.14. The highest BCUT2D eigenvalue weighted by atomic mass is 16.5. The quantitative estimate of drug-likeness (QED) is 0.820. The third-order valence-corrected chi connectivity index (χ3v) is 4.21. The van der Waals surface area contributed by atoms with Crippen molar-refractivity contribution in [2.24, 2.45) is 0 Å². The number of rotatable bonds is 5. The second-order valence-electron chi connectivity index (χ2n) is 5.78. The topological polar surface area (TPSA) is 21.7 Å². The van der Waals surface area contributed by atoms with Crippen LogP contribution in [0.5, 0.6) is 11.5 Å². The first-order chi connectivity index (χ1) is 11.3. The van der Waals surface area contributed by atoms with E-state index in [-0.39, 0.29) is 0 Å². The summed E-state index contributed by atoms with van der Waals surface area (Å²) in [7, 11) is 3.34. The Hall–Kier alpha value is -2.42. The summed E-state index contributed by atoms with van der Waals surface area (Å²) in [5.74, 6) is 1.56. The van der Waals surface area contributed by atoms with Crippen LogP contribution in [0.4, 0.5) is 0 Å². The average molecular weight is 309 g/mol. The molecule has 0 fully saturated rings. The molecule has 0 radical (unpaired) electrons. The summed E-state index contributed by atoms with van der Waals surface area (Å²) in [4.78, 5) is 2.39. The smallest absolute Gasteiger partial charge is 0.161 e. The highest BCUT2D eigenvalue weighted by Crippen LogP contribution is 2.33. The van der Waals surface area contributed by atoms with E-state index in [1.54, 1.807) is 14.2 Å². The SMILES string of the molecule is COc1ccc(C2=CN(Cc3ccccc3)CCC2)cc1OC. The first kappa shape index (κ1) is 15.5. The number of methoxy groups -OCH3 is 2. The molecule has 0 amide bonds. The van der Waals surface area contributed by atoms with Gasteiger partial charge in [0.15, 0.2) is 11.5 Å². The maximum Gasteiger partial charge on any atom is 0.161 e. The van der Waals surface area contributed by atoms with Gasteiger partial charge in [0.05, 0.1) is 14.2 Å². The molecule has 0 spiro atoms. The molecule has 3 rings (SSSR count).